The van der Waals surface area contributed by atoms with Crippen molar-refractivity contribution in [1.29, 1.82) is 0 Å². The normalized spacial score (nSPS) is 13.4. The number of halogens is 2. The van der Waals surface area contributed by atoms with Crippen LogP contribution in [0.2, 0.25) is 0 Å². The van der Waals surface area contributed by atoms with E-state index in [2.05, 4.69) is 0 Å². The highest BCUT2D eigenvalue weighted by atomic mass is 32.2. The molecule has 1 unspecified atom stereocenters. The summed E-state index contributed by atoms with van der Waals surface area (Å²) in [4.78, 5) is 9.67. The first kappa shape index (κ1) is 16.5. The second-order valence-corrected chi connectivity index (χ2v) is 6.70. The van der Waals surface area contributed by atoms with Crippen LogP contribution in [-0.2, 0) is 16.3 Å². The van der Waals surface area contributed by atoms with E-state index in [1.807, 2.05) is 0 Å². The molecule has 0 heterocycles. The summed E-state index contributed by atoms with van der Waals surface area (Å²) in [6.45, 7) is 3.09. The van der Waals surface area contributed by atoms with Crippen molar-refractivity contribution in [2.24, 2.45) is 0 Å². The third kappa shape index (κ3) is 3.30. The van der Waals surface area contributed by atoms with Crippen LogP contribution in [0.3, 0.4) is 0 Å². The first-order valence-electron chi connectivity index (χ1n) is 6.00. The van der Waals surface area contributed by atoms with Crippen LogP contribution in [0.15, 0.2) is 23.1 Å². The predicted molar refractivity (Wildman–Crippen MR) is 69.7 cm³/mol. The van der Waals surface area contributed by atoms with E-state index in [1.165, 1.54) is 13.0 Å². The van der Waals surface area contributed by atoms with Crippen molar-refractivity contribution in [2.45, 2.75) is 43.3 Å². The molecule has 1 aromatic rings. The van der Waals surface area contributed by atoms with Crippen molar-refractivity contribution >= 4 is 15.5 Å². The van der Waals surface area contributed by atoms with E-state index < -0.39 is 44.1 Å². The topological polar surface area (TPSA) is 77.3 Å². The molecule has 1 rings (SSSR count). The molecule has 0 aromatic heterocycles. The summed E-state index contributed by atoms with van der Waals surface area (Å²) in [6.07, 6.45) is -3.52. The number of nitrogens with zero attached hydrogens (tertiary/aromatic N) is 1. The number of hydrogen-bond acceptors (Lipinski definition) is 4. The number of nitro benzene ring substituents is 1. The van der Waals surface area contributed by atoms with Crippen molar-refractivity contribution in [1.82, 2.24) is 0 Å². The molecule has 0 bridgehead atoms. The number of nitro groups is 1. The van der Waals surface area contributed by atoms with E-state index in [-0.39, 0.29) is 4.90 Å². The Morgan fingerprint density at radius 1 is 1.35 bits per heavy atom. The minimum atomic E-state index is -3.86. The summed E-state index contributed by atoms with van der Waals surface area (Å²) in [7, 11) is -3.86. The molecule has 0 saturated carbocycles. The fourth-order valence-electron chi connectivity index (χ4n) is 1.79. The maximum atomic E-state index is 12.6. The lowest BCUT2D eigenvalue weighted by molar-refractivity contribution is -0.385. The smallest absolute Gasteiger partial charge is 0.258 e. The van der Waals surface area contributed by atoms with E-state index >= 15 is 0 Å². The average molecular weight is 307 g/mol. The molecule has 0 aliphatic carbocycles. The molecule has 0 spiro atoms. The summed E-state index contributed by atoms with van der Waals surface area (Å²) in [5.41, 5.74) is -1.01. The maximum absolute atomic E-state index is 12.6. The van der Waals surface area contributed by atoms with Gasteiger partial charge in [-0.15, -0.1) is 0 Å². The van der Waals surface area contributed by atoms with Crippen molar-refractivity contribution < 1.29 is 22.1 Å². The zero-order valence-corrected chi connectivity index (χ0v) is 11.9. The van der Waals surface area contributed by atoms with E-state index in [0.29, 0.717) is 6.42 Å². The van der Waals surface area contributed by atoms with Gasteiger partial charge in [0.25, 0.3) is 5.69 Å². The van der Waals surface area contributed by atoms with E-state index in [1.54, 1.807) is 6.92 Å². The molecule has 0 saturated heterocycles. The Kier molecular flexibility index (Phi) is 5.15. The Morgan fingerprint density at radius 3 is 2.40 bits per heavy atom. The zero-order chi connectivity index (χ0) is 15.5. The largest absolute Gasteiger partial charge is 0.274 e. The van der Waals surface area contributed by atoms with Gasteiger partial charge < -0.3 is 0 Å². The highest BCUT2D eigenvalue weighted by Gasteiger charge is 2.30. The lowest BCUT2D eigenvalue weighted by Crippen LogP contribution is -2.20. The van der Waals surface area contributed by atoms with Gasteiger partial charge in [0.2, 0.25) is 6.43 Å². The van der Waals surface area contributed by atoms with Gasteiger partial charge in [0.15, 0.2) is 9.84 Å². The minimum Gasteiger partial charge on any atom is -0.258 e. The summed E-state index contributed by atoms with van der Waals surface area (Å²) < 4.78 is 49.7. The van der Waals surface area contributed by atoms with E-state index in [9.17, 15) is 27.3 Å². The van der Waals surface area contributed by atoms with Gasteiger partial charge in [0.1, 0.15) is 0 Å². The maximum Gasteiger partial charge on any atom is 0.274 e. The zero-order valence-electron chi connectivity index (χ0n) is 11.0. The molecule has 5 nitrogen and oxygen atoms in total. The lowest BCUT2D eigenvalue weighted by atomic mass is 10.1. The molecule has 0 aliphatic rings. The van der Waals surface area contributed by atoms with Crippen LogP contribution in [0.4, 0.5) is 14.5 Å². The quantitative estimate of drug-likeness (QED) is 0.598. The van der Waals surface area contributed by atoms with Crippen molar-refractivity contribution in [3.8, 4) is 0 Å². The minimum absolute atomic E-state index is 0.291. The third-order valence-electron chi connectivity index (χ3n) is 3.07. The summed E-state index contributed by atoms with van der Waals surface area (Å²) >= 11 is 0. The van der Waals surface area contributed by atoms with E-state index in [0.717, 1.165) is 12.1 Å². The second-order valence-electron chi connectivity index (χ2n) is 4.37. The standard InChI is InChI=1S/C12H15F2NO4S/c1-3-8(2)20(18,19)11-6-4-5-10(15(16)17)9(11)7-12(13)14/h4-6,8,12H,3,7H2,1-2H3. The molecule has 8 heteroatoms. The molecular formula is C12H15F2NO4S. The molecule has 1 aromatic carbocycles. The highest BCUT2D eigenvalue weighted by molar-refractivity contribution is 7.92. The molecule has 0 amide bonds. The number of alkyl halides is 2. The van der Waals surface area contributed by atoms with Crippen LogP contribution in [0.25, 0.3) is 0 Å². The Morgan fingerprint density at radius 2 is 1.95 bits per heavy atom. The molecule has 1 atom stereocenters. The molecule has 0 fully saturated rings. The third-order valence-corrected chi connectivity index (χ3v) is 5.46. The monoisotopic (exact) mass is 307 g/mol. The van der Waals surface area contributed by atoms with Gasteiger partial charge in [-0.3, -0.25) is 10.1 Å². The van der Waals surface area contributed by atoms with Gasteiger partial charge in [-0.2, -0.15) is 0 Å². The highest BCUT2D eigenvalue weighted by Crippen LogP contribution is 2.30. The van der Waals surface area contributed by atoms with Crippen molar-refractivity contribution in [2.75, 3.05) is 0 Å². The van der Waals surface area contributed by atoms with Crippen molar-refractivity contribution in [3.63, 3.8) is 0 Å². The number of benzene rings is 1. The Bertz CT molecular complexity index is 601. The predicted octanol–water partition coefficient (Wildman–Crippen LogP) is 2.97. The van der Waals surface area contributed by atoms with Crippen LogP contribution in [0.5, 0.6) is 0 Å². The van der Waals surface area contributed by atoms with Gasteiger partial charge in [-0.25, -0.2) is 17.2 Å². The van der Waals surface area contributed by atoms with Crippen molar-refractivity contribution in [3.05, 3.63) is 33.9 Å². The molecule has 20 heavy (non-hydrogen) atoms. The molecule has 0 aliphatic heterocycles. The summed E-state index contributed by atoms with van der Waals surface area (Å²) in [5.74, 6) is 0. The van der Waals surface area contributed by atoms with Crippen LogP contribution in [0, 0.1) is 10.1 Å². The molecular weight excluding hydrogens is 292 g/mol. The van der Waals surface area contributed by atoms with Crippen LogP contribution >= 0.6 is 0 Å². The molecule has 112 valence electrons. The van der Waals surface area contributed by atoms with Gasteiger partial charge in [0.05, 0.1) is 20.6 Å². The number of rotatable bonds is 6. The number of hydrogen-bond donors (Lipinski definition) is 0. The summed E-state index contributed by atoms with van der Waals surface area (Å²) in [6, 6.07) is 3.38. The fraction of sp³-hybridized carbons (Fsp3) is 0.500. The van der Waals surface area contributed by atoms with E-state index in [4.69, 9.17) is 0 Å². The Balaban J connectivity index is 3.54. The number of sulfone groups is 1. The summed E-state index contributed by atoms with van der Waals surface area (Å²) in [5, 5.41) is 10.1. The van der Waals surface area contributed by atoms with Gasteiger partial charge in [-0.05, 0) is 19.4 Å². The molecule has 0 radical (unpaired) electrons. The first-order valence-corrected chi connectivity index (χ1v) is 7.54. The SMILES string of the molecule is CCC(C)S(=O)(=O)c1cccc([N+](=O)[O-])c1CC(F)F. The lowest BCUT2D eigenvalue weighted by Gasteiger charge is -2.14. The fourth-order valence-corrected chi connectivity index (χ4v) is 3.46. The van der Waals surface area contributed by atoms with Gasteiger partial charge in [-0.1, -0.05) is 13.0 Å². The van der Waals surface area contributed by atoms with Gasteiger partial charge >= 0.3 is 0 Å². The average Bonchev–Trinajstić information content (AvgIpc) is 2.36. The van der Waals surface area contributed by atoms with Crippen LogP contribution in [0.1, 0.15) is 25.8 Å². The molecule has 0 N–H and O–H groups in total. The van der Waals surface area contributed by atoms with Gasteiger partial charge in [0, 0.05) is 12.5 Å². The second kappa shape index (κ2) is 6.25. The Labute approximate surface area is 115 Å². The Hall–Kier alpha value is -1.57. The first-order chi connectivity index (χ1) is 9.21. The van der Waals surface area contributed by atoms with Crippen LogP contribution in [-0.4, -0.2) is 25.0 Å². The van der Waals surface area contributed by atoms with Crippen LogP contribution < -0.4 is 0 Å².